The minimum atomic E-state index is -0.361. The topological polar surface area (TPSA) is 53.2 Å². The maximum atomic E-state index is 13.0. The number of benzene rings is 2. The van der Waals surface area contributed by atoms with Crippen LogP contribution in [0, 0.1) is 12.7 Å². The monoisotopic (exact) mass is 333 g/mol. The summed E-state index contributed by atoms with van der Waals surface area (Å²) in [5, 5.41) is 3.54. The van der Waals surface area contributed by atoms with Crippen molar-refractivity contribution in [3.8, 4) is 0 Å². The molecule has 23 heavy (non-hydrogen) atoms. The zero-order chi connectivity index (χ0) is 16.4. The third-order valence-corrected chi connectivity index (χ3v) is 4.17. The Kier molecular flexibility index (Phi) is 4.61. The van der Waals surface area contributed by atoms with Crippen LogP contribution in [0.25, 0.3) is 0 Å². The Hall–Kier alpha value is -1.95. The zero-order valence-corrected chi connectivity index (χ0v) is 13.3. The molecule has 2 atom stereocenters. The van der Waals surface area contributed by atoms with E-state index in [-0.39, 0.29) is 23.8 Å². The van der Waals surface area contributed by atoms with E-state index in [0.29, 0.717) is 11.4 Å². The average Bonchev–Trinajstić information content (AvgIpc) is 3.01. The van der Waals surface area contributed by atoms with E-state index >= 15 is 0 Å². The fourth-order valence-corrected chi connectivity index (χ4v) is 2.86. The van der Waals surface area contributed by atoms with Crippen molar-refractivity contribution >= 4 is 23.2 Å². The number of aryl methyl sites for hydroxylation is 1. The van der Waals surface area contributed by atoms with Gasteiger partial charge in [-0.2, -0.15) is 0 Å². The largest absolute Gasteiger partial charge is 0.324 e. The lowest BCUT2D eigenvalue weighted by Crippen LogP contribution is -2.39. The molecule has 0 saturated carbocycles. The maximum absolute atomic E-state index is 13.0. The first-order valence-electron chi connectivity index (χ1n) is 7.36. The Morgan fingerprint density at radius 3 is 2.65 bits per heavy atom. The van der Waals surface area contributed by atoms with Gasteiger partial charge >= 0.3 is 0 Å². The predicted molar refractivity (Wildman–Crippen MR) is 88.6 cm³/mol. The van der Waals surface area contributed by atoms with Crippen molar-refractivity contribution < 1.29 is 9.18 Å². The van der Waals surface area contributed by atoms with Crippen LogP contribution in [0.2, 0.25) is 5.02 Å². The fourth-order valence-electron chi connectivity index (χ4n) is 2.63. The minimum Gasteiger partial charge on any atom is -0.324 e. The third kappa shape index (κ3) is 3.69. The molecule has 120 valence electrons. The van der Waals surface area contributed by atoms with Crippen LogP contribution < -0.4 is 16.2 Å². The highest BCUT2D eigenvalue weighted by molar-refractivity contribution is 6.30. The molecule has 1 saturated heterocycles. The molecule has 6 heteroatoms. The van der Waals surface area contributed by atoms with E-state index in [9.17, 15) is 9.18 Å². The molecule has 2 aromatic carbocycles. The third-order valence-electron chi connectivity index (χ3n) is 3.94. The molecule has 1 fully saturated rings. The number of nitrogens with one attached hydrogen (secondary N) is 3. The second-order valence-electron chi connectivity index (χ2n) is 5.63. The molecule has 1 amide bonds. The summed E-state index contributed by atoms with van der Waals surface area (Å²) in [5.41, 5.74) is 8.66. The van der Waals surface area contributed by atoms with E-state index < -0.39 is 0 Å². The summed E-state index contributed by atoms with van der Waals surface area (Å²) in [5.74, 6) is -0.389. The van der Waals surface area contributed by atoms with Gasteiger partial charge in [-0.15, -0.1) is 0 Å². The van der Waals surface area contributed by atoms with Crippen molar-refractivity contribution in [1.82, 2.24) is 10.9 Å². The van der Waals surface area contributed by atoms with Gasteiger partial charge in [-0.1, -0.05) is 23.7 Å². The van der Waals surface area contributed by atoms with Crippen molar-refractivity contribution in [1.29, 1.82) is 0 Å². The number of carbonyl (C=O) groups is 1. The van der Waals surface area contributed by atoms with E-state index in [4.69, 9.17) is 11.6 Å². The smallest absolute Gasteiger partial charge is 0.242 e. The summed E-state index contributed by atoms with van der Waals surface area (Å²) in [6.45, 7) is 1.89. The summed E-state index contributed by atoms with van der Waals surface area (Å²) >= 11 is 5.92. The lowest BCUT2D eigenvalue weighted by molar-refractivity contribution is -0.117. The summed E-state index contributed by atoms with van der Waals surface area (Å²) in [7, 11) is 0. The molecule has 0 radical (unpaired) electrons. The lowest BCUT2D eigenvalue weighted by atomic mass is 10.0. The van der Waals surface area contributed by atoms with Crippen molar-refractivity contribution in [3.05, 3.63) is 64.4 Å². The number of hydrogen-bond donors (Lipinski definition) is 3. The number of amides is 1. The van der Waals surface area contributed by atoms with Gasteiger partial charge in [0.1, 0.15) is 11.9 Å². The van der Waals surface area contributed by atoms with E-state index in [1.807, 2.05) is 6.92 Å². The average molecular weight is 334 g/mol. The van der Waals surface area contributed by atoms with Gasteiger partial charge in [0.25, 0.3) is 0 Å². The number of halogens is 2. The number of anilines is 1. The van der Waals surface area contributed by atoms with Crippen LogP contribution in [0.5, 0.6) is 0 Å². The first kappa shape index (κ1) is 15.9. The maximum Gasteiger partial charge on any atom is 0.242 e. The quantitative estimate of drug-likeness (QED) is 0.807. The van der Waals surface area contributed by atoms with Gasteiger partial charge in [0.15, 0.2) is 0 Å². The summed E-state index contributed by atoms with van der Waals surface area (Å²) in [6, 6.07) is 11.2. The molecule has 1 aliphatic heterocycles. The number of rotatable bonds is 3. The summed E-state index contributed by atoms with van der Waals surface area (Å²) in [4.78, 5) is 12.4. The van der Waals surface area contributed by atoms with Crippen LogP contribution in [0.4, 0.5) is 10.1 Å². The first-order chi connectivity index (χ1) is 11.0. The van der Waals surface area contributed by atoms with E-state index in [1.54, 1.807) is 30.3 Å². The van der Waals surface area contributed by atoms with Crippen molar-refractivity contribution in [2.24, 2.45) is 0 Å². The zero-order valence-electron chi connectivity index (χ0n) is 12.6. The SMILES string of the molecule is Cc1cc(Cl)ccc1NC(=O)C1CC(c2ccc(F)cc2)NN1. The predicted octanol–water partition coefficient (Wildman–Crippen LogP) is 3.33. The molecule has 0 aliphatic carbocycles. The van der Waals surface area contributed by atoms with Crippen molar-refractivity contribution in [2.45, 2.75) is 25.4 Å². The van der Waals surface area contributed by atoms with Gasteiger partial charge in [0, 0.05) is 16.8 Å². The van der Waals surface area contributed by atoms with E-state index in [1.165, 1.54) is 12.1 Å². The lowest BCUT2D eigenvalue weighted by Gasteiger charge is -2.12. The Balaban J connectivity index is 1.64. The number of carbonyl (C=O) groups excluding carboxylic acids is 1. The second kappa shape index (κ2) is 6.66. The fraction of sp³-hybridized carbons (Fsp3) is 0.235. The molecule has 3 N–H and O–H groups in total. The van der Waals surface area contributed by atoms with Crippen LogP contribution >= 0.6 is 11.6 Å². The van der Waals surface area contributed by atoms with Gasteiger partial charge in [0.05, 0.1) is 0 Å². The molecule has 1 aliphatic rings. The molecule has 2 unspecified atom stereocenters. The molecule has 0 bridgehead atoms. The highest BCUT2D eigenvalue weighted by atomic mass is 35.5. The highest BCUT2D eigenvalue weighted by Crippen LogP contribution is 2.24. The molecule has 0 aromatic heterocycles. The van der Waals surface area contributed by atoms with Crippen molar-refractivity contribution in [2.75, 3.05) is 5.32 Å². The number of hydrogen-bond acceptors (Lipinski definition) is 3. The Morgan fingerprint density at radius 1 is 1.22 bits per heavy atom. The molecule has 2 aromatic rings. The summed E-state index contributed by atoms with van der Waals surface area (Å²) < 4.78 is 13.0. The normalized spacial score (nSPS) is 20.5. The van der Waals surface area contributed by atoms with Crippen LogP contribution in [0.1, 0.15) is 23.6 Å². The molecule has 1 heterocycles. The van der Waals surface area contributed by atoms with Crippen molar-refractivity contribution in [3.63, 3.8) is 0 Å². The first-order valence-corrected chi connectivity index (χ1v) is 7.74. The molecule has 4 nitrogen and oxygen atoms in total. The molecule has 3 rings (SSSR count). The Bertz CT molecular complexity index is 720. The van der Waals surface area contributed by atoms with Crippen LogP contribution in [-0.4, -0.2) is 11.9 Å². The van der Waals surface area contributed by atoms with Gasteiger partial charge < -0.3 is 5.32 Å². The molecular formula is C17H17ClFN3O. The van der Waals surface area contributed by atoms with Crippen LogP contribution in [-0.2, 0) is 4.79 Å². The standard InChI is InChI=1S/C17H17ClFN3O/c1-10-8-12(18)4-7-14(10)20-17(23)16-9-15(21-22-16)11-2-5-13(19)6-3-11/h2-8,15-16,21-22H,9H2,1H3,(H,20,23). The van der Waals surface area contributed by atoms with E-state index in [0.717, 1.165) is 16.8 Å². The second-order valence-corrected chi connectivity index (χ2v) is 6.07. The van der Waals surface area contributed by atoms with Gasteiger partial charge in [-0.05, 0) is 54.8 Å². The van der Waals surface area contributed by atoms with Gasteiger partial charge in [-0.3, -0.25) is 4.79 Å². The van der Waals surface area contributed by atoms with E-state index in [2.05, 4.69) is 16.2 Å². The Labute approximate surface area is 139 Å². The summed E-state index contributed by atoms with van der Waals surface area (Å²) in [6.07, 6.45) is 0.587. The van der Waals surface area contributed by atoms with Gasteiger partial charge in [0.2, 0.25) is 5.91 Å². The molecular weight excluding hydrogens is 317 g/mol. The number of hydrazine groups is 1. The minimum absolute atomic E-state index is 0.0299. The molecule has 0 spiro atoms. The van der Waals surface area contributed by atoms with Gasteiger partial charge in [-0.25, -0.2) is 15.2 Å². The highest BCUT2D eigenvalue weighted by Gasteiger charge is 2.30. The van der Waals surface area contributed by atoms with Crippen LogP contribution in [0.3, 0.4) is 0 Å². The Morgan fingerprint density at radius 2 is 1.96 bits per heavy atom. The van der Waals surface area contributed by atoms with Crippen LogP contribution in [0.15, 0.2) is 42.5 Å².